The number of carbonyl (C=O) groups excluding carboxylic acids is 2. The van der Waals surface area contributed by atoms with Crippen LogP contribution in [0, 0.1) is 5.92 Å². The minimum absolute atomic E-state index is 0.0337. The van der Waals surface area contributed by atoms with Gasteiger partial charge in [0.1, 0.15) is 11.9 Å². The van der Waals surface area contributed by atoms with E-state index in [0.29, 0.717) is 12.3 Å². The second kappa shape index (κ2) is 7.35. The summed E-state index contributed by atoms with van der Waals surface area (Å²) in [4.78, 5) is 22.2. The van der Waals surface area contributed by atoms with Gasteiger partial charge in [0.05, 0.1) is 6.54 Å². The van der Waals surface area contributed by atoms with Gasteiger partial charge in [-0.1, -0.05) is 13.8 Å². The molecule has 0 aromatic heterocycles. The lowest BCUT2D eigenvalue weighted by molar-refractivity contribution is -0.132. The molecule has 0 radical (unpaired) electrons. The fourth-order valence-corrected chi connectivity index (χ4v) is 1.41. The lowest BCUT2D eigenvalue weighted by atomic mass is 9.99. The number of Topliss-reactive ketones (excluding diaryl/α,β-unsaturated/α-hetero) is 1. The van der Waals surface area contributed by atoms with Crippen molar-refractivity contribution >= 4 is 11.7 Å². The topological polar surface area (TPSA) is 78.4 Å². The fourth-order valence-electron chi connectivity index (χ4n) is 1.41. The molecule has 0 spiro atoms. The van der Waals surface area contributed by atoms with Gasteiger partial charge in [0.2, 0.25) is 0 Å². The summed E-state index contributed by atoms with van der Waals surface area (Å²) in [5, 5.41) is 15.1. The highest BCUT2D eigenvalue weighted by Gasteiger charge is 2.25. The van der Waals surface area contributed by atoms with Crippen LogP contribution in [0.2, 0.25) is 0 Å². The highest BCUT2D eigenvalue weighted by molar-refractivity contribution is 5.87. The van der Waals surface area contributed by atoms with Crippen LogP contribution in [0.25, 0.3) is 0 Å². The zero-order valence-electron chi connectivity index (χ0n) is 10.4. The van der Waals surface area contributed by atoms with E-state index in [2.05, 4.69) is 10.6 Å². The van der Waals surface area contributed by atoms with E-state index in [1.807, 2.05) is 13.8 Å². The Balaban J connectivity index is 4.21. The minimum Gasteiger partial charge on any atom is -0.382 e. The molecule has 1 amide bonds. The Morgan fingerprint density at radius 3 is 2.25 bits per heavy atom. The summed E-state index contributed by atoms with van der Waals surface area (Å²) in [6, 6.07) is -0.285. The fraction of sp³-hybridized carbons (Fsp3) is 0.818. The van der Waals surface area contributed by atoms with Gasteiger partial charge in [-0.2, -0.15) is 0 Å². The van der Waals surface area contributed by atoms with Gasteiger partial charge in [0.15, 0.2) is 0 Å². The first-order chi connectivity index (χ1) is 7.38. The molecule has 0 rings (SSSR count). The molecule has 0 aromatic rings. The Morgan fingerprint density at radius 1 is 1.31 bits per heavy atom. The lowest BCUT2D eigenvalue weighted by Gasteiger charge is -2.23. The van der Waals surface area contributed by atoms with Crippen molar-refractivity contribution in [2.45, 2.75) is 39.3 Å². The van der Waals surface area contributed by atoms with E-state index in [4.69, 9.17) is 0 Å². The predicted molar refractivity (Wildman–Crippen MR) is 62.0 cm³/mol. The molecule has 0 fully saturated rings. The van der Waals surface area contributed by atoms with Crippen molar-refractivity contribution in [1.82, 2.24) is 10.6 Å². The maximum Gasteiger partial charge on any atom is 0.250 e. The van der Waals surface area contributed by atoms with Gasteiger partial charge < -0.3 is 15.7 Å². The molecule has 16 heavy (non-hydrogen) atoms. The molecule has 0 aliphatic rings. The van der Waals surface area contributed by atoms with Crippen LogP contribution < -0.4 is 10.6 Å². The van der Waals surface area contributed by atoms with E-state index in [1.54, 1.807) is 7.05 Å². The minimum atomic E-state index is -1.12. The van der Waals surface area contributed by atoms with Gasteiger partial charge in [-0.3, -0.25) is 9.59 Å². The van der Waals surface area contributed by atoms with Crippen LogP contribution in [-0.4, -0.2) is 42.5 Å². The van der Waals surface area contributed by atoms with E-state index < -0.39 is 12.0 Å². The van der Waals surface area contributed by atoms with E-state index in [0.717, 1.165) is 0 Å². The van der Waals surface area contributed by atoms with Crippen molar-refractivity contribution in [3.8, 4) is 0 Å². The van der Waals surface area contributed by atoms with Crippen molar-refractivity contribution in [2.75, 3.05) is 13.6 Å². The summed E-state index contributed by atoms with van der Waals surface area (Å²) in [5.74, 6) is -0.256. The average Bonchev–Trinajstić information content (AvgIpc) is 2.21. The third-order valence-corrected chi connectivity index (χ3v) is 2.26. The number of carbonyl (C=O) groups is 2. The molecule has 0 saturated carbocycles. The number of rotatable bonds is 7. The van der Waals surface area contributed by atoms with Crippen molar-refractivity contribution in [3.63, 3.8) is 0 Å². The summed E-state index contributed by atoms with van der Waals surface area (Å²) in [7, 11) is 1.70. The Morgan fingerprint density at radius 2 is 1.88 bits per heavy atom. The number of aliphatic hydroxyl groups excluding tert-OH is 1. The average molecular weight is 230 g/mol. The Bertz CT molecular complexity index is 241. The van der Waals surface area contributed by atoms with Gasteiger partial charge in [-0.05, 0) is 26.3 Å². The first kappa shape index (κ1) is 15.1. The monoisotopic (exact) mass is 230 g/mol. The lowest BCUT2D eigenvalue weighted by Crippen LogP contribution is -2.49. The molecule has 3 N–H and O–H groups in total. The zero-order valence-corrected chi connectivity index (χ0v) is 10.4. The quantitative estimate of drug-likeness (QED) is 0.560. The predicted octanol–water partition coefficient (Wildman–Crippen LogP) is -0.313. The summed E-state index contributed by atoms with van der Waals surface area (Å²) in [5.41, 5.74) is 0. The first-order valence-electron chi connectivity index (χ1n) is 5.51. The molecule has 5 heteroatoms. The second-order valence-electron chi connectivity index (χ2n) is 4.39. The molecule has 2 atom stereocenters. The summed E-state index contributed by atoms with van der Waals surface area (Å²) in [6.07, 6.45) is -0.419. The highest BCUT2D eigenvalue weighted by atomic mass is 16.3. The molecule has 0 heterocycles. The van der Waals surface area contributed by atoms with Crippen molar-refractivity contribution in [2.24, 2.45) is 5.92 Å². The number of likely N-dealkylation sites (N-methyl/N-ethyl adjacent to an activating group) is 1. The number of hydrogen-bond acceptors (Lipinski definition) is 4. The third kappa shape index (κ3) is 5.82. The number of nitrogens with one attached hydrogen (secondary N) is 2. The van der Waals surface area contributed by atoms with Crippen molar-refractivity contribution < 1.29 is 14.7 Å². The van der Waals surface area contributed by atoms with Crippen LogP contribution in [-0.2, 0) is 9.59 Å². The van der Waals surface area contributed by atoms with Crippen LogP contribution in [0.4, 0.5) is 0 Å². The first-order valence-corrected chi connectivity index (χ1v) is 5.51. The maximum absolute atomic E-state index is 11.5. The van der Waals surface area contributed by atoms with Crippen LogP contribution in [0.5, 0.6) is 0 Å². The summed E-state index contributed by atoms with van der Waals surface area (Å²) in [6.45, 7) is 5.39. The zero-order chi connectivity index (χ0) is 12.7. The number of aliphatic hydroxyl groups is 1. The second-order valence-corrected chi connectivity index (χ2v) is 4.39. The third-order valence-electron chi connectivity index (χ3n) is 2.26. The molecule has 5 nitrogen and oxygen atoms in total. The van der Waals surface area contributed by atoms with E-state index in [-0.39, 0.29) is 18.4 Å². The van der Waals surface area contributed by atoms with Crippen LogP contribution in [0.1, 0.15) is 27.2 Å². The number of amides is 1. The molecule has 0 aromatic carbocycles. The molecule has 0 saturated heterocycles. The van der Waals surface area contributed by atoms with E-state index >= 15 is 0 Å². The Labute approximate surface area is 96.6 Å². The van der Waals surface area contributed by atoms with Gasteiger partial charge in [0, 0.05) is 6.04 Å². The Kier molecular flexibility index (Phi) is 6.92. The molecular weight excluding hydrogens is 208 g/mol. The van der Waals surface area contributed by atoms with E-state index in [9.17, 15) is 14.7 Å². The normalized spacial score (nSPS) is 14.6. The molecule has 94 valence electrons. The Hall–Kier alpha value is -0.940. The standard InChI is InChI=1S/C11H22N2O3/c1-7(2)5-9(12-4)10(15)11(16)13-6-8(3)14/h7,9-10,12,15H,5-6H2,1-4H3,(H,13,16)/t9-,10?/m0/s1. The number of ketones is 1. The van der Waals surface area contributed by atoms with Crippen LogP contribution >= 0.6 is 0 Å². The van der Waals surface area contributed by atoms with Gasteiger partial charge in [-0.15, -0.1) is 0 Å². The van der Waals surface area contributed by atoms with Gasteiger partial charge in [-0.25, -0.2) is 0 Å². The summed E-state index contributed by atoms with van der Waals surface area (Å²) < 4.78 is 0. The number of hydrogen-bond donors (Lipinski definition) is 3. The van der Waals surface area contributed by atoms with E-state index in [1.165, 1.54) is 6.92 Å². The van der Waals surface area contributed by atoms with Gasteiger partial charge in [0.25, 0.3) is 5.91 Å². The highest BCUT2D eigenvalue weighted by Crippen LogP contribution is 2.08. The summed E-state index contributed by atoms with van der Waals surface area (Å²) >= 11 is 0. The molecular formula is C11H22N2O3. The molecule has 0 aliphatic heterocycles. The van der Waals surface area contributed by atoms with Crippen molar-refractivity contribution in [3.05, 3.63) is 0 Å². The molecule has 0 aliphatic carbocycles. The molecule has 1 unspecified atom stereocenters. The van der Waals surface area contributed by atoms with Crippen molar-refractivity contribution in [1.29, 1.82) is 0 Å². The van der Waals surface area contributed by atoms with Crippen LogP contribution in [0.15, 0.2) is 0 Å². The smallest absolute Gasteiger partial charge is 0.250 e. The molecule has 0 bridgehead atoms. The maximum atomic E-state index is 11.5. The van der Waals surface area contributed by atoms with Crippen LogP contribution in [0.3, 0.4) is 0 Å². The SMILES string of the molecule is CN[C@@H](CC(C)C)C(O)C(=O)NCC(C)=O. The largest absolute Gasteiger partial charge is 0.382 e. The van der Waals surface area contributed by atoms with Gasteiger partial charge >= 0.3 is 0 Å².